The minimum atomic E-state index is -0.508. The lowest BCUT2D eigenvalue weighted by Gasteiger charge is -2.35. The number of benzene rings is 4. The highest BCUT2D eigenvalue weighted by molar-refractivity contribution is 6.67. The van der Waals surface area contributed by atoms with Crippen molar-refractivity contribution in [2.75, 3.05) is 38.9 Å². The molecule has 2 N–H and O–H groups in total. The molecule has 1 fully saturated rings. The molecule has 0 radical (unpaired) electrons. The van der Waals surface area contributed by atoms with Gasteiger partial charge >= 0.3 is 0 Å². The van der Waals surface area contributed by atoms with Gasteiger partial charge in [0.1, 0.15) is 6.61 Å². The number of hydrogen-bond acceptors (Lipinski definition) is 7. The highest BCUT2D eigenvalue weighted by atomic mass is 35.5. The standard InChI is InChI=1S/C19H21NO3.C17H21NO2.C2H2Cl2O.CH4/c21-19-15-23-14-18(13-22-12-17-9-5-2-6-10-17)20(19)11-16-7-3-1-4-8-16;19-12-17(18-11-15-7-3-1-4-8-15)14-20-13-16-9-5-2-6-10-16;3-1-2(4)5;/h1-10,18H,11-15H2;1-10,17-19H,11-14H2;1H2;1H4/t18-;17-;;/m10../s1. The van der Waals surface area contributed by atoms with Crippen LogP contribution in [-0.2, 0) is 50.1 Å². The van der Waals surface area contributed by atoms with Crippen molar-refractivity contribution in [3.8, 4) is 0 Å². The third-order valence-corrected chi connectivity index (χ3v) is 7.62. The maximum Gasteiger partial charge on any atom is 0.249 e. The van der Waals surface area contributed by atoms with E-state index >= 15 is 0 Å². The Morgan fingerprint density at radius 1 is 0.816 bits per heavy atom. The number of rotatable bonds is 15. The Hall–Kier alpha value is -3.60. The highest BCUT2D eigenvalue weighted by Crippen LogP contribution is 2.15. The van der Waals surface area contributed by atoms with Crippen LogP contribution in [0.2, 0.25) is 0 Å². The molecule has 0 saturated carbocycles. The van der Waals surface area contributed by atoms with Gasteiger partial charge in [-0.2, -0.15) is 0 Å². The zero-order valence-electron chi connectivity index (χ0n) is 27.0. The normalized spacial score (nSPS) is 14.3. The minimum absolute atomic E-state index is 0. The summed E-state index contributed by atoms with van der Waals surface area (Å²) in [7, 11) is 0. The molecule has 0 bridgehead atoms. The number of carbonyl (C=O) groups excluding carboxylic acids is 2. The lowest BCUT2D eigenvalue weighted by atomic mass is 10.1. The van der Waals surface area contributed by atoms with E-state index in [9.17, 15) is 14.7 Å². The number of ether oxygens (including phenoxy) is 3. The van der Waals surface area contributed by atoms with Gasteiger partial charge in [0.2, 0.25) is 11.1 Å². The quantitative estimate of drug-likeness (QED) is 0.106. The largest absolute Gasteiger partial charge is 0.395 e. The Morgan fingerprint density at radius 2 is 1.29 bits per heavy atom. The second kappa shape index (κ2) is 25.4. The number of halogens is 2. The van der Waals surface area contributed by atoms with Gasteiger partial charge in [-0.1, -0.05) is 129 Å². The van der Waals surface area contributed by atoms with Crippen LogP contribution in [0.1, 0.15) is 29.7 Å². The van der Waals surface area contributed by atoms with E-state index in [0.717, 1.165) is 23.2 Å². The molecule has 49 heavy (non-hydrogen) atoms. The van der Waals surface area contributed by atoms with Crippen LogP contribution in [0.15, 0.2) is 121 Å². The number of nitrogens with zero attached hydrogens (tertiary/aromatic N) is 1. The molecule has 10 heteroatoms. The fraction of sp³-hybridized carbons (Fsp3) is 0.333. The lowest BCUT2D eigenvalue weighted by Crippen LogP contribution is -2.50. The van der Waals surface area contributed by atoms with Crippen molar-refractivity contribution in [2.24, 2.45) is 0 Å². The van der Waals surface area contributed by atoms with Crippen molar-refractivity contribution in [3.05, 3.63) is 144 Å². The summed E-state index contributed by atoms with van der Waals surface area (Å²) in [6.07, 6.45) is 0. The molecule has 0 aromatic heterocycles. The van der Waals surface area contributed by atoms with Gasteiger partial charge in [-0.05, 0) is 33.9 Å². The molecule has 8 nitrogen and oxygen atoms in total. The summed E-state index contributed by atoms with van der Waals surface area (Å²) in [5.74, 6) is -0.0740. The number of hydrogen-bond donors (Lipinski definition) is 2. The molecule has 1 saturated heterocycles. The van der Waals surface area contributed by atoms with Gasteiger partial charge in [-0.15, -0.1) is 11.6 Å². The van der Waals surface area contributed by atoms with Crippen LogP contribution >= 0.6 is 23.2 Å². The van der Waals surface area contributed by atoms with Crippen molar-refractivity contribution in [3.63, 3.8) is 0 Å². The Labute approximate surface area is 300 Å². The molecule has 1 aliphatic rings. The van der Waals surface area contributed by atoms with Gasteiger partial charge < -0.3 is 29.5 Å². The second-order valence-corrected chi connectivity index (χ2v) is 11.6. The van der Waals surface area contributed by atoms with Crippen LogP contribution in [0.4, 0.5) is 0 Å². The number of alkyl halides is 1. The van der Waals surface area contributed by atoms with Gasteiger partial charge in [0.25, 0.3) is 0 Å². The fourth-order valence-electron chi connectivity index (χ4n) is 4.61. The van der Waals surface area contributed by atoms with Gasteiger partial charge in [-0.3, -0.25) is 9.59 Å². The van der Waals surface area contributed by atoms with Crippen LogP contribution in [0, 0.1) is 0 Å². The van der Waals surface area contributed by atoms with Gasteiger partial charge in [0, 0.05) is 13.1 Å². The molecule has 0 aliphatic carbocycles. The van der Waals surface area contributed by atoms with E-state index in [1.54, 1.807) is 0 Å². The summed E-state index contributed by atoms with van der Waals surface area (Å²) in [6, 6.07) is 40.2. The van der Waals surface area contributed by atoms with Crippen LogP contribution in [0.3, 0.4) is 0 Å². The van der Waals surface area contributed by atoms with Crippen molar-refractivity contribution in [1.29, 1.82) is 0 Å². The van der Waals surface area contributed by atoms with Gasteiger partial charge in [-0.25, -0.2) is 0 Å². The highest BCUT2D eigenvalue weighted by Gasteiger charge is 2.28. The molecule has 1 amide bonds. The van der Waals surface area contributed by atoms with E-state index < -0.39 is 5.24 Å². The summed E-state index contributed by atoms with van der Waals surface area (Å²) < 4.78 is 16.8. The van der Waals surface area contributed by atoms with Crippen LogP contribution < -0.4 is 5.32 Å². The van der Waals surface area contributed by atoms with Crippen molar-refractivity contribution < 1.29 is 28.9 Å². The summed E-state index contributed by atoms with van der Waals surface area (Å²) in [4.78, 5) is 23.5. The molecule has 0 unspecified atom stereocenters. The molecule has 264 valence electrons. The number of carbonyl (C=O) groups is 2. The summed E-state index contributed by atoms with van der Waals surface area (Å²) in [5, 5.41) is 12.1. The zero-order valence-corrected chi connectivity index (χ0v) is 28.5. The predicted molar refractivity (Wildman–Crippen MR) is 196 cm³/mol. The lowest BCUT2D eigenvalue weighted by molar-refractivity contribution is -0.152. The first kappa shape index (κ1) is 41.6. The van der Waals surface area contributed by atoms with E-state index in [4.69, 9.17) is 37.4 Å². The molecule has 2 atom stereocenters. The summed E-state index contributed by atoms with van der Waals surface area (Å²) >= 11 is 9.55. The third kappa shape index (κ3) is 17.6. The van der Waals surface area contributed by atoms with E-state index in [-0.39, 0.29) is 44.5 Å². The molecule has 1 heterocycles. The smallest absolute Gasteiger partial charge is 0.249 e. The predicted octanol–water partition coefficient (Wildman–Crippen LogP) is 6.61. The van der Waals surface area contributed by atoms with Crippen molar-refractivity contribution in [1.82, 2.24) is 10.2 Å². The first-order valence-corrected chi connectivity index (χ1v) is 16.7. The van der Waals surface area contributed by atoms with E-state index in [1.807, 2.05) is 114 Å². The van der Waals surface area contributed by atoms with Gasteiger partial charge in [0.05, 0.1) is 57.6 Å². The monoisotopic (exact) mass is 710 g/mol. The van der Waals surface area contributed by atoms with E-state index in [1.165, 1.54) is 5.56 Å². The Bertz CT molecular complexity index is 1420. The second-order valence-electron chi connectivity index (χ2n) is 10.9. The Kier molecular flexibility index (Phi) is 21.5. The van der Waals surface area contributed by atoms with Crippen molar-refractivity contribution >= 4 is 34.4 Å². The van der Waals surface area contributed by atoms with Crippen LogP contribution in [0.5, 0.6) is 0 Å². The third-order valence-electron chi connectivity index (χ3n) is 7.11. The number of amides is 1. The molecule has 0 spiro atoms. The average molecular weight is 712 g/mol. The number of aliphatic hydroxyl groups excluding tert-OH is 1. The molecule has 4 aromatic rings. The van der Waals surface area contributed by atoms with Crippen LogP contribution in [-0.4, -0.2) is 72.2 Å². The fourth-order valence-corrected chi connectivity index (χ4v) is 4.61. The van der Waals surface area contributed by atoms with Gasteiger partial charge in [0.15, 0.2) is 0 Å². The first-order chi connectivity index (χ1) is 23.5. The summed E-state index contributed by atoms with van der Waals surface area (Å²) in [5.41, 5.74) is 4.60. The molecule has 4 aromatic carbocycles. The van der Waals surface area contributed by atoms with E-state index in [2.05, 4.69) is 17.4 Å². The number of aliphatic hydroxyl groups is 1. The van der Waals surface area contributed by atoms with E-state index in [0.29, 0.717) is 39.6 Å². The molecular formula is C39H48Cl2N2O6. The SMILES string of the molecule is C.O=C(Cl)CCl.O=C1COC[C@@H](COCc2ccccc2)N1Cc1ccccc1.OC[C@@H](COCc1ccccc1)NCc1ccccc1. The molecular weight excluding hydrogens is 663 g/mol. The number of nitrogens with one attached hydrogen (secondary N) is 1. The first-order valence-electron chi connectivity index (χ1n) is 15.8. The minimum Gasteiger partial charge on any atom is -0.395 e. The topological polar surface area (TPSA) is 97.3 Å². The Balaban J connectivity index is 0.000000296. The molecule has 1 aliphatic heterocycles. The molecule has 5 rings (SSSR count). The zero-order chi connectivity index (χ0) is 34.2. The average Bonchev–Trinajstić information content (AvgIpc) is 3.13. The maximum absolute atomic E-state index is 12.2. The summed E-state index contributed by atoms with van der Waals surface area (Å²) in [6.45, 7) is 4.18. The maximum atomic E-state index is 12.2. The Morgan fingerprint density at radius 3 is 1.78 bits per heavy atom. The van der Waals surface area contributed by atoms with Crippen molar-refractivity contribution in [2.45, 2.75) is 45.8 Å². The van der Waals surface area contributed by atoms with Crippen LogP contribution in [0.25, 0.3) is 0 Å². The number of morpholine rings is 1.